The second-order valence-electron chi connectivity index (χ2n) is 6.18. The zero-order chi connectivity index (χ0) is 16.8. The lowest BCUT2D eigenvalue weighted by atomic mass is 9.76. The normalized spacial score (nSPS) is 24.1. The number of allylic oxidation sites excluding steroid dienone is 2. The average molecular weight is 324 g/mol. The van der Waals surface area contributed by atoms with Crippen LogP contribution in [0.3, 0.4) is 0 Å². The fourth-order valence-corrected chi connectivity index (χ4v) is 3.89. The molecule has 24 heavy (non-hydrogen) atoms. The number of aromatic hydroxyl groups is 2. The van der Waals surface area contributed by atoms with E-state index in [0.717, 1.165) is 12.0 Å². The zero-order valence-electron chi connectivity index (χ0n) is 12.7. The van der Waals surface area contributed by atoms with Crippen LogP contribution in [0.4, 0.5) is 11.4 Å². The van der Waals surface area contributed by atoms with Crippen molar-refractivity contribution >= 4 is 11.4 Å². The highest BCUT2D eigenvalue weighted by molar-refractivity contribution is 5.73. The number of hydrogen-bond acceptors (Lipinski definition) is 5. The Hall–Kier alpha value is -3.02. The molecule has 6 nitrogen and oxygen atoms in total. The van der Waals surface area contributed by atoms with Gasteiger partial charge < -0.3 is 15.5 Å². The number of rotatable bonds is 2. The predicted octanol–water partition coefficient (Wildman–Crippen LogP) is 3.83. The van der Waals surface area contributed by atoms with Crippen molar-refractivity contribution in [3.63, 3.8) is 0 Å². The SMILES string of the molecule is O=[N+]([O-])c1ccc(O)c2c1C1C=CCC1C(c1ccccc1O)N2. The van der Waals surface area contributed by atoms with Gasteiger partial charge in [0, 0.05) is 17.5 Å². The summed E-state index contributed by atoms with van der Waals surface area (Å²) in [6, 6.07) is 9.51. The first-order chi connectivity index (χ1) is 11.6. The van der Waals surface area contributed by atoms with Gasteiger partial charge in [-0.15, -0.1) is 0 Å². The first-order valence-corrected chi connectivity index (χ1v) is 7.79. The maximum absolute atomic E-state index is 11.4. The van der Waals surface area contributed by atoms with E-state index in [1.165, 1.54) is 12.1 Å². The summed E-state index contributed by atoms with van der Waals surface area (Å²) < 4.78 is 0. The molecule has 0 radical (unpaired) electrons. The predicted molar refractivity (Wildman–Crippen MR) is 89.2 cm³/mol. The Morgan fingerprint density at radius 1 is 1.12 bits per heavy atom. The molecule has 2 aliphatic rings. The van der Waals surface area contributed by atoms with Crippen LogP contribution in [0.1, 0.15) is 29.5 Å². The Labute approximate surface area is 138 Å². The highest BCUT2D eigenvalue weighted by atomic mass is 16.6. The van der Waals surface area contributed by atoms with E-state index in [-0.39, 0.29) is 35.1 Å². The molecule has 6 heteroatoms. The third kappa shape index (κ3) is 2.03. The fraction of sp³-hybridized carbons (Fsp3) is 0.222. The zero-order valence-corrected chi connectivity index (χ0v) is 12.7. The van der Waals surface area contributed by atoms with Crippen molar-refractivity contribution in [1.29, 1.82) is 0 Å². The van der Waals surface area contributed by atoms with E-state index in [2.05, 4.69) is 5.32 Å². The van der Waals surface area contributed by atoms with Gasteiger partial charge in [-0.05, 0) is 24.5 Å². The lowest BCUT2D eigenvalue weighted by Gasteiger charge is -2.37. The molecule has 0 bridgehead atoms. The Morgan fingerprint density at radius 3 is 2.67 bits per heavy atom. The van der Waals surface area contributed by atoms with Gasteiger partial charge in [-0.1, -0.05) is 30.4 Å². The maximum Gasteiger partial charge on any atom is 0.275 e. The van der Waals surface area contributed by atoms with Crippen molar-refractivity contribution in [3.8, 4) is 11.5 Å². The van der Waals surface area contributed by atoms with Crippen molar-refractivity contribution in [2.75, 3.05) is 5.32 Å². The monoisotopic (exact) mass is 324 g/mol. The van der Waals surface area contributed by atoms with E-state index in [0.29, 0.717) is 11.3 Å². The van der Waals surface area contributed by atoms with E-state index in [4.69, 9.17) is 0 Å². The van der Waals surface area contributed by atoms with Gasteiger partial charge in [-0.2, -0.15) is 0 Å². The molecule has 122 valence electrons. The number of phenolic OH excluding ortho intramolecular Hbond substituents is 2. The van der Waals surface area contributed by atoms with Crippen LogP contribution < -0.4 is 5.32 Å². The van der Waals surface area contributed by atoms with E-state index in [9.17, 15) is 20.3 Å². The first kappa shape index (κ1) is 14.6. The van der Waals surface area contributed by atoms with Crippen LogP contribution in [0.15, 0.2) is 48.6 Å². The van der Waals surface area contributed by atoms with Crippen LogP contribution in [0, 0.1) is 16.0 Å². The molecule has 4 rings (SSSR count). The molecule has 2 aromatic carbocycles. The Bertz CT molecular complexity index is 862. The molecule has 1 aliphatic carbocycles. The molecule has 0 saturated carbocycles. The summed E-state index contributed by atoms with van der Waals surface area (Å²) in [6.45, 7) is 0. The minimum absolute atomic E-state index is 0.00702. The number of nitro groups is 1. The summed E-state index contributed by atoms with van der Waals surface area (Å²) in [4.78, 5) is 11.0. The van der Waals surface area contributed by atoms with Gasteiger partial charge in [0.25, 0.3) is 5.69 Å². The molecule has 1 aliphatic heterocycles. The van der Waals surface area contributed by atoms with Gasteiger partial charge >= 0.3 is 0 Å². The number of fused-ring (bicyclic) bond motifs is 3. The standard InChI is InChI=1S/C18H16N2O4/c21-14-7-2-1-4-12(14)17-11-6-3-5-10(11)16-13(20(23)24)8-9-15(22)18(16)19-17/h1-5,7-11,17,19,21-22H,6H2. The van der Waals surface area contributed by atoms with Crippen molar-refractivity contribution < 1.29 is 15.1 Å². The molecule has 1 heterocycles. The van der Waals surface area contributed by atoms with Gasteiger partial charge in [-0.3, -0.25) is 10.1 Å². The molecule has 0 spiro atoms. The van der Waals surface area contributed by atoms with Crippen molar-refractivity contribution in [3.05, 3.63) is 69.8 Å². The van der Waals surface area contributed by atoms with Crippen molar-refractivity contribution in [2.45, 2.75) is 18.4 Å². The molecular formula is C18H16N2O4. The first-order valence-electron chi connectivity index (χ1n) is 7.79. The number of nitrogens with one attached hydrogen (secondary N) is 1. The molecule has 0 fully saturated rings. The van der Waals surface area contributed by atoms with Gasteiger partial charge in [0.1, 0.15) is 11.5 Å². The van der Waals surface area contributed by atoms with Crippen molar-refractivity contribution in [2.24, 2.45) is 5.92 Å². The molecule has 0 amide bonds. The van der Waals surface area contributed by atoms with Gasteiger partial charge in [0.05, 0.1) is 22.2 Å². The summed E-state index contributed by atoms with van der Waals surface area (Å²) in [5.41, 5.74) is 1.64. The number of hydrogen-bond donors (Lipinski definition) is 3. The third-order valence-electron chi connectivity index (χ3n) is 4.94. The molecule has 3 N–H and O–H groups in total. The van der Waals surface area contributed by atoms with E-state index in [1.54, 1.807) is 12.1 Å². The van der Waals surface area contributed by atoms with Crippen LogP contribution in [-0.2, 0) is 0 Å². The van der Waals surface area contributed by atoms with E-state index >= 15 is 0 Å². The van der Waals surface area contributed by atoms with Crippen LogP contribution in [-0.4, -0.2) is 15.1 Å². The van der Waals surface area contributed by atoms with Gasteiger partial charge in [0.15, 0.2) is 0 Å². The van der Waals surface area contributed by atoms with E-state index in [1.807, 2.05) is 24.3 Å². The molecule has 0 saturated heterocycles. The minimum Gasteiger partial charge on any atom is -0.508 e. The van der Waals surface area contributed by atoms with E-state index < -0.39 is 4.92 Å². The quantitative estimate of drug-likeness (QED) is 0.338. The minimum atomic E-state index is -0.413. The topological polar surface area (TPSA) is 95.6 Å². The third-order valence-corrected chi connectivity index (χ3v) is 4.94. The summed E-state index contributed by atoms with van der Waals surface area (Å²) in [5.74, 6) is 0.0356. The van der Waals surface area contributed by atoms with Crippen LogP contribution >= 0.6 is 0 Å². The molecule has 2 aromatic rings. The number of phenols is 2. The largest absolute Gasteiger partial charge is 0.508 e. The summed E-state index contributed by atoms with van der Waals surface area (Å²) in [6.07, 6.45) is 4.72. The summed E-state index contributed by atoms with van der Waals surface area (Å²) in [5, 5.41) is 35.1. The molecule has 0 aromatic heterocycles. The molecule has 3 atom stereocenters. The number of anilines is 1. The Morgan fingerprint density at radius 2 is 1.92 bits per heavy atom. The van der Waals surface area contributed by atoms with Gasteiger partial charge in [0.2, 0.25) is 0 Å². The van der Waals surface area contributed by atoms with Crippen molar-refractivity contribution in [1.82, 2.24) is 0 Å². The second-order valence-corrected chi connectivity index (χ2v) is 6.18. The number of para-hydroxylation sites is 1. The number of benzene rings is 2. The van der Waals surface area contributed by atoms with Crippen LogP contribution in [0.25, 0.3) is 0 Å². The average Bonchev–Trinajstić information content (AvgIpc) is 3.05. The molecular weight excluding hydrogens is 308 g/mol. The number of nitrogens with zero attached hydrogens (tertiary/aromatic N) is 1. The fourth-order valence-electron chi connectivity index (χ4n) is 3.89. The smallest absolute Gasteiger partial charge is 0.275 e. The maximum atomic E-state index is 11.4. The van der Waals surface area contributed by atoms with Crippen LogP contribution in [0.2, 0.25) is 0 Å². The van der Waals surface area contributed by atoms with Crippen LogP contribution in [0.5, 0.6) is 11.5 Å². The summed E-state index contributed by atoms with van der Waals surface area (Å²) >= 11 is 0. The Kier molecular flexibility index (Phi) is 3.19. The summed E-state index contributed by atoms with van der Waals surface area (Å²) in [7, 11) is 0. The number of nitro benzene ring substituents is 1. The molecule has 3 unspecified atom stereocenters. The van der Waals surface area contributed by atoms with Gasteiger partial charge in [-0.25, -0.2) is 0 Å². The lowest BCUT2D eigenvalue weighted by molar-refractivity contribution is -0.385. The highest BCUT2D eigenvalue weighted by Gasteiger charge is 2.43. The highest BCUT2D eigenvalue weighted by Crippen LogP contribution is 2.55. The lowest BCUT2D eigenvalue weighted by Crippen LogP contribution is -2.29. The second kappa shape index (κ2) is 5.26. The Balaban J connectivity index is 1.90.